The molecule has 1 unspecified atom stereocenters. The van der Waals surface area contributed by atoms with E-state index in [-0.39, 0.29) is 6.04 Å². The fraction of sp³-hybridized carbons (Fsp3) is 0.211. The predicted molar refractivity (Wildman–Crippen MR) is 88.6 cm³/mol. The van der Waals surface area contributed by atoms with E-state index in [1.165, 1.54) is 27.6 Å². The maximum atomic E-state index is 4.46. The van der Waals surface area contributed by atoms with Crippen molar-refractivity contribution >= 4 is 10.9 Å². The number of para-hydroxylation sites is 1. The number of rotatable bonds is 3. The molecule has 0 fully saturated rings. The molecule has 2 heteroatoms. The highest BCUT2D eigenvalue weighted by Crippen LogP contribution is 2.30. The molecule has 1 atom stereocenters. The smallest absolute Gasteiger partial charge is 0.0705 e. The van der Waals surface area contributed by atoms with Gasteiger partial charge in [-0.05, 0) is 49.7 Å². The summed E-state index contributed by atoms with van der Waals surface area (Å²) in [5.41, 5.74) is 6.24. The highest BCUT2D eigenvalue weighted by Gasteiger charge is 2.17. The summed E-state index contributed by atoms with van der Waals surface area (Å²) < 4.78 is 0. The number of nitrogens with zero attached hydrogens (tertiary/aromatic N) is 1. The Bertz CT molecular complexity index is 772. The summed E-state index contributed by atoms with van der Waals surface area (Å²) >= 11 is 0. The number of hydrogen-bond acceptors (Lipinski definition) is 2. The Morgan fingerprint density at radius 3 is 2.57 bits per heavy atom. The number of nitrogens with one attached hydrogen (secondary N) is 1. The number of pyridine rings is 1. The van der Waals surface area contributed by atoms with Crippen molar-refractivity contribution in [1.29, 1.82) is 0 Å². The zero-order valence-electron chi connectivity index (χ0n) is 12.7. The molecule has 0 aliphatic heterocycles. The fourth-order valence-electron chi connectivity index (χ4n) is 2.92. The lowest BCUT2D eigenvalue weighted by Crippen LogP contribution is -2.19. The Morgan fingerprint density at radius 2 is 1.76 bits per heavy atom. The van der Waals surface area contributed by atoms with Gasteiger partial charge in [0.15, 0.2) is 0 Å². The average molecular weight is 276 g/mol. The van der Waals surface area contributed by atoms with Gasteiger partial charge >= 0.3 is 0 Å². The Labute approximate surface area is 125 Å². The summed E-state index contributed by atoms with van der Waals surface area (Å²) in [6.45, 7) is 4.31. The summed E-state index contributed by atoms with van der Waals surface area (Å²) in [7, 11) is 2.02. The van der Waals surface area contributed by atoms with Crippen LogP contribution in [-0.4, -0.2) is 12.0 Å². The molecule has 3 rings (SSSR count). The van der Waals surface area contributed by atoms with Gasteiger partial charge in [0, 0.05) is 11.6 Å². The van der Waals surface area contributed by atoms with Crippen LogP contribution in [0.15, 0.2) is 54.7 Å². The second-order valence-electron chi connectivity index (χ2n) is 5.50. The van der Waals surface area contributed by atoms with Crippen LogP contribution in [0.5, 0.6) is 0 Å². The van der Waals surface area contributed by atoms with Crippen LogP contribution in [0.2, 0.25) is 0 Å². The first-order valence-electron chi connectivity index (χ1n) is 7.29. The minimum absolute atomic E-state index is 0.179. The Kier molecular flexibility index (Phi) is 3.72. The summed E-state index contributed by atoms with van der Waals surface area (Å²) in [6, 6.07) is 17.2. The van der Waals surface area contributed by atoms with E-state index in [0.29, 0.717) is 0 Å². The largest absolute Gasteiger partial charge is 0.309 e. The zero-order valence-corrected chi connectivity index (χ0v) is 12.7. The van der Waals surface area contributed by atoms with E-state index in [4.69, 9.17) is 0 Å². The summed E-state index contributed by atoms with van der Waals surface area (Å²) in [4.78, 5) is 4.46. The molecule has 0 spiro atoms. The summed E-state index contributed by atoms with van der Waals surface area (Å²) in [5.74, 6) is 0. The van der Waals surface area contributed by atoms with Crippen molar-refractivity contribution in [2.24, 2.45) is 0 Å². The maximum Gasteiger partial charge on any atom is 0.0705 e. The first-order chi connectivity index (χ1) is 10.2. The molecule has 106 valence electrons. The Balaban J connectivity index is 2.21. The molecule has 0 aliphatic rings. The van der Waals surface area contributed by atoms with Crippen LogP contribution in [0.3, 0.4) is 0 Å². The van der Waals surface area contributed by atoms with Gasteiger partial charge in [0.05, 0.1) is 11.6 Å². The lowest BCUT2D eigenvalue weighted by atomic mass is 9.92. The van der Waals surface area contributed by atoms with Gasteiger partial charge in [-0.15, -0.1) is 0 Å². The van der Waals surface area contributed by atoms with Crippen LogP contribution in [0.4, 0.5) is 0 Å². The average Bonchev–Trinajstić information content (AvgIpc) is 2.51. The lowest BCUT2D eigenvalue weighted by Gasteiger charge is -2.21. The molecule has 3 aromatic rings. The number of hydrogen-bond donors (Lipinski definition) is 1. The van der Waals surface area contributed by atoms with E-state index in [9.17, 15) is 0 Å². The number of benzene rings is 2. The minimum Gasteiger partial charge on any atom is -0.309 e. The van der Waals surface area contributed by atoms with E-state index in [2.05, 4.69) is 66.6 Å². The van der Waals surface area contributed by atoms with Gasteiger partial charge in [-0.1, -0.05) is 42.0 Å². The third-order valence-electron chi connectivity index (χ3n) is 4.03. The molecule has 0 aliphatic carbocycles. The minimum atomic E-state index is 0.179. The molecule has 0 bridgehead atoms. The second kappa shape index (κ2) is 5.66. The van der Waals surface area contributed by atoms with Crippen molar-refractivity contribution < 1.29 is 0 Å². The highest BCUT2D eigenvalue weighted by molar-refractivity contribution is 5.82. The van der Waals surface area contributed by atoms with Gasteiger partial charge in [0.1, 0.15) is 0 Å². The first kappa shape index (κ1) is 13.8. The molecule has 1 heterocycles. The van der Waals surface area contributed by atoms with Gasteiger partial charge in [-0.2, -0.15) is 0 Å². The van der Waals surface area contributed by atoms with Crippen LogP contribution < -0.4 is 5.32 Å². The van der Waals surface area contributed by atoms with E-state index in [1.54, 1.807) is 0 Å². The maximum absolute atomic E-state index is 4.46. The number of fused-ring (bicyclic) bond motifs is 1. The quantitative estimate of drug-likeness (QED) is 0.777. The molecule has 0 amide bonds. The normalized spacial score (nSPS) is 12.5. The van der Waals surface area contributed by atoms with Crippen LogP contribution in [0.1, 0.15) is 28.3 Å². The van der Waals surface area contributed by atoms with Gasteiger partial charge < -0.3 is 5.32 Å². The molecule has 2 nitrogen and oxygen atoms in total. The summed E-state index contributed by atoms with van der Waals surface area (Å²) in [6.07, 6.45) is 1.90. The molecular weight excluding hydrogens is 256 g/mol. The topological polar surface area (TPSA) is 24.9 Å². The van der Waals surface area contributed by atoms with Crippen molar-refractivity contribution in [2.75, 3.05) is 7.05 Å². The van der Waals surface area contributed by atoms with Crippen molar-refractivity contribution in [3.63, 3.8) is 0 Å². The molecule has 0 saturated carbocycles. The Hall–Kier alpha value is -2.19. The molecular formula is C19H20N2. The van der Waals surface area contributed by atoms with Crippen LogP contribution in [0, 0.1) is 13.8 Å². The monoisotopic (exact) mass is 276 g/mol. The van der Waals surface area contributed by atoms with E-state index in [1.807, 2.05) is 19.3 Å². The van der Waals surface area contributed by atoms with Crippen molar-refractivity contribution in [1.82, 2.24) is 10.3 Å². The zero-order chi connectivity index (χ0) is 14.8. The van der Waals surface area contributed by atoms with Gasteiger partial charge in [-0.25, -0.2) is 0 Å². The van der Waals surface area contributed by atoms with Crippen molar-refractivity contribution in [3.05, 3.63) is 77.0 Å². The standard InChI is InChI=1S/C19H20N2/c1-13-8-9-14(2)17(12-13)19(20-3)16-10-11-21-18-7-5-4-6-15(16)18/h4-12,19-20H,1-3H3. The van der Waals surface area contributed by atoms with Gasteiger partial charge in [0.2, 0.25) is 0 Å². The molecule has 1 aromatic heterocycles. The van der Waals surface area contributed by atoms with Crippen molar-refractivity contribution in [3.8, 4) is 0 Å². The third kappa shape index (κ3) is 2.55. The van der Waals surface area contributed by atoms with Gasteiger partial charge in [-0.3, -0.25) is 4.98 Å². The van der Waals surface area contributed by atoms with Crippen molar-refractivity contribution in [2.45, 2.75) is 19.9 Å². The molecule has 0 saturated heterocycles. The summed E-state index contributed by atoms with van der Waals surface area (Å²) in [5, 5.41) is 4.68. The number of aryl methyl sites for hydroxylation is 2. The van der Waals surface area contributed by atoms with Crippen LogP contribution >= 0.6 is 0 Å². The third-order valence-corrected chi connectivity index (χ3v) is 4.03. The molecule has 21 heavy (non-hydrogen) atoms. The van der Waals surface area contributed by atoms with E-state index < -0.39 is 0 Å². The molecule has 2 aromatic carbocycles. The highest BCUT2D eigenvalue weighted by atomic mass is 14.9. The van der Waals surface area contributed by atoms with E-state index in [0.717, 1.165) is 5.52 Å². The van der Waals surface area contributed by atoms with E-state index >= 15 is 0 Å². The fourth-order valence-corrected chi connectivity index (χ4v) is 2.92. The van der Waals surface area contributed by atoms with Crippen LogP contribution in [0.25, 0.3) is 10.9 Å². The van der Waals surface area contributed by atoms with Crippen LogP contribution in [-0.2, 0) is 0 Å². The Morgan fingerprint density at radius 1 is 0.952 bits per heavy atom. The van der Waals surface area contributed by atoms with Gasteiger partial charge in [0.25, 0.3) is 0 Å². The SMILES string of the molecule is CNC(c1cc(C)ccc1C)c1ccnc2ccccc12. The number of aromatic nitrogens is 1. The molecule has 1 N–H and O–H groups in total. The molecule has 0 radical (unpaired) electrons. The predicted octanol–water partition coefficient (Wildman–Crippen LogP) is 4.16. The second-order valence-corrected chi connectivity index (χ2v) is 5.50. The lowest BCUT2D eigenvalue weighted by molar-refractivity contribution is 0.691. The first-order valence-corrected chi connectivity index (χ1v) is 7.29.